The molecule has 0 atom stereocenters. The molecule has 0 bridgehead atoms. The van der Waals surface area contributed by atoms with Crippen molar-refractivity contribution in [3.63, 3.8) is 0 Å². The van der Waals surface area contributed by atoms with E-state index in [1.807, 2.05) is 6.07 Å². The molecule has 2 heterocycles. The van der Waals surface area contributed by atoms with Crippen LogP contribution in [0.1, 0.15) is 4.88 Å². The molecule has 0 saturated carbocycles. The minimum Gasteiger partial charge on any atom is -0.357 e. The molecular weight excluding hydrogens is 302 g/mol. The predicted molar refractivity (Wildman–Crippen MR) is 79.7 cm³/mol. The van der Waals surface area contributed by atoms with Crippen LogP contribution in [0.25, 0.3) is 0 Å². The van der Waals surface area contributed by atoms with Gasteiger partial charge in [0, 0.05) is 19.0 Å². The number of nitrogens with one attached hydrogen (secondary N) is 1. The van der Waals surface area contributed by atoms with Crippen LogP contribution in [0.5, 0.6) is 0 Å². The van der Waals surface area contributed by atoms with E-state index in [1.165, 1.54) is 17.5 Å². The van der Waals surface area contributed by atoms with Gasteiger partial charge in [-0.3, -0.25) is 10.1 Å². The van der Waals surface area contributed by atoms with Crippen LogP contribution in [-0.2, 0) is 6.54 Å². The number of nitrogens with zero attached hydrogens (tertiary/aromatic N) is 4. The van der Waals surface area contributed by atoms with Crippen molar-refractivity contribution in [1.82, 2.24) is 9.97 Å². The Morgan fingerprint density at radius 3 is 2.85 bits per heavy atom. The quantitative estimate of drug-likeness (QED) is 0.675. The molecule has 2 aromatic rings. The molecule has 0 saturated heterocycles. The fraction of sp³-hybridized carbons (Fsp3) is 0.273. The second-order valence-electron chi connectivity index (χ2n) is 3.97. The van der Waals surface area contributed by atoms with E-state index in [2.05, 4.69) is 15.3 Å². The zero-order chi connectivity index (χ0) is 14.7. The molecular formula is C11H12ClN5O2S. The SMILES string of the molecule is CNc1ncc([N+](=O)[O-])c(N(C)Cc2ccc(Cl)s2)n1. The van der Waals surface area contributed by atoms with Crippen LogP contribution in [0.2, 0.25) is 4.34 Å². The lowest BCUT2D eigenvalue weighted by Crippen LogP contribution is -2.19. The van der Waals surface area contributed by atoms with E-state index in [0.717, 1.165) is 4.88 Å². The van der Waals surface area contributed by atoms with E-state index < -0.39 is 4.92 Å². The molecule has 0 spiro atoms. The van der Waals surface area contributed by atoms with Crippen molar-refractivity contribution >= 4 is 40.4 Å². The van der Waals surface area contributed by atoms with E-state index in [-0.39, 0.29) is 11.5 Å². The Hall–Kier alpha value is -1.93. The summed E-state index contributed by atoms with van der Waals surface area (Å²) < 4.78 is 0.682. The predicted octanol–water partition coefficient (Wildman–Crippen LogP) is 2.78. The Morgan fingerprint density at radius 2 is 2.30 bits per heavy atom. The van der Waals surface area contributed by atoms with Crippen LogP contribution in [0.4, 0.5) is 17.5 Å². The van der Waals surface area contributed by atoms with Gasteiger partial charge in [-0.15, -0.1) is 11.3 Å². The molecule has 0 fully saturated rings. The highest BCUT2D eigenvalue weighted by Gasteiger charge is 2.21. The standard InChI is InChI=1S/C11H12ClN5O2S/c1-13-11-14-5-8(17(18)19)10(15-11)16(2)6-7-3-4-9(12)20-7/h3-5H,6H2,1-2H3,(H,13,14,15). The first-order valence-corrected chi connectivity index (χ1v) is 6.85. The maximum Gasteiger partial charge on any atom is 0.329 e. The number of aromatic nitrogens is 2. The van der Waals surface area contributed by atoms with Crippen LogP contribution >= 0.6 is 22.9 Å². The minimum atomic E-state index is -0.493. The van der Waals surface area contributed by atoms with Gasteiger partial charge in [0.05, 0.1) is 15.8 Å². The smallest absolute Gasteiger partial charge is 0.329 e. The summed E-state index contributed by atoms with van der Waals surface area (Å²) in [5.41, 5.74) is -0.130. The van der Waals surface area contributed by atoms with Gasteiger partial charge in [0.1, 0.15) is 6.20 Å². The van der Waals surface area contributed by atoms with Gasteiger partial charge in [0.2, 0.25) is 11.8 Å². The fourth-order valence-electron chi connectivity index (χ4n) is 1.64. The molecule has 106 valence electrons. The van der Waals surface area contributed by atoms with Crippen LogP contribution in [0, 0.1) is 10.1 Å². The van der Waals surface area contributed by atoms with Crippen LogP contribution in [0.15, 0.2) is 18.3 Å². The van der Waals surface area contributed by atoms with E-state index in [0.29, 0.717) is 16.8 Å². The van der Waals surface area contributed by atoms with E-state index in [4.69, 9.17) is 11.6 Å². The average molecular weight is 314 g/mol. The molecule has 0 unspecified atom stereocenters. The lowest BCUT2D eigenvalue weighted by molar-refractivity contribution is -0.384. The Labute approximate surface area is 124 Å². The van der Waals surface area contributed by atoms with Gasteiger partial charge in [0.15, 0.2) is 0 Å². The second kappa shape index (κ2) is 6.02. The van der Waals surface area contributed by atoms with E-state index >= 15 is 0 Å². The Morgan fingerprint density at radius 1 is 1.55 bits per heavy atom. The topological polar surface area (TPSA) is 84.2 Å². The van der Waals surface area contributed by atoms with E-state index in [1.54, 1.807) is 25.1 Å². The largest absolute Gasteiger partial charge is 0.357 e. The number of halogens is 1. The third-order valence-electron chi connectivity index (χ3n) is 2.55. The number of nitro groups is 1. The highest BCUT2D eigenvalue weighted by Crippen LogP contribution is 2.28. The lowest BCUT2D eigenvalue weighted by atomic mass is 10.4. The van der Waals surface area contributed by atoms with E-state index in [9.17, 15) is 10.1 Å². The van der Waals surface area contributed by atoms with Crippen LogP contribution < -0.4 is 10.2 Å². The molecule has 2 aromatic heterocycles. The molecule has 7 nitrogen and oxygen atoms in total. The molecule has 20 heavy (non-hydrogen) atoms. The molecule has 2 rings (SSSR count). The molecule has 0 amide bonds. The third kappa shape index (κ3) is 3.14. The minimum absolute atomic E-state index is 0.130. The Balaban J connectivity index is 2.31. The van der Waals surface area contributed by atoms with Gasteiger partial charge in [-0.05, 0) is 12.1 Å². The van der Waals surface area contributed by atoms with Crippen molar-refractivity contribution < 1.29 is 4.92 Å². The van der Waals surface area contributed by atoms with Gasteiger partial charge in [-0.1, -0.05) is 11.6 Å². The molecule has 0 aliphatic heterocycles. The summed E-state index contributed by atoms with van der Waals surface area (Å²) in [6, 6.07) is 3.68. The highest BCUT2D eigenvalue weighted by molar-refractivity contribution is 7.16. The molecule has 9 heteroatoms. The lowest BCUT2D eigenvalue weighted by Gasteiger charge is -2.17. The molecule has 1 N–H and O–H groups in total. The first-order valence-electron chi connectivity index (χ1n) is 5.65. The monoisotopic (exact) mass is 313 g/mol. The summed E-state index contributed by atoms with van der Waals surface area (Å²) >= 11 is 7.31. The van der Waals surface area contributed by atoms with Crippen molar-refractivity contribution in [3.8, 4) is 0 Å². The summed E-state index contributed by atoms with van der Waals surface area (Å²) in [6.07, 6.45) is 1.20. The van der Waals surface area contributed by atoms with Crippen molar-refractivity contribution in [2.45, 2.75) is 6.54 Å². The number of hydrogen-bond donors (Lipinski definition) is 1. The van der Waals surface area contributed by atoms with Crippen molar-refractivity contribution in [1.29, 1.82) is 0 Å². The van der Waals surface area contributed by atoms with Crippen LogP contribution in [-0.4, -0.2) is 29.0 Å². The maximum absolute atomic E-state index is 11.0. The van der Waals surface area contributed by atoms with Gasteiger partial charge in [-0.2, -0.15) is 4.98 Å². The number of rotatable bonds is 5. The fourth-order valence-corrected chi connectivity index (χ4v) is 2.78. The Bertz CT molecular complexity index is 633. The van der Waals surface area contributed by atoms with Gasteiger partial charge >= 0.3 is 5.69 Å². The number of hydrogen-bond acceptors (Lipinski definition) is 7. The van der Waals surface area contributed by atoms with Crippen molar-refractivity contribution in [2.75, 3.05) is 24.3 Å². The molecule has 0 radical (unpaired) electrons. The summed E-state index contributed by atoms with van der Waals surface area (Å²) in [4.78, 5) is 21.3. The zero-order valence-corrected chi connectivity index (χ0v) is 12.4. The first-order chi connectivity index (χ1) is 9.51. The summed E-state index contributed by atoms with van der Waals surface area (Å²) in [5, 5.41) is 13.8. The Kier molecular flexibility index (Phi) is 4.35. The summed E-state index contributed by atoms with van der Waals surface area (Å²) in [6.45, 7) is 0.485. The maximum atomic E-state index is 11.0. The highest BCUT2D eigenvalue weighted by atomic mass is 35.5. The van der Waals surface area contributed by atoms with Gasteiger partial charge < -0.3 is 10.2 Å². The van der Waals surface area contributed by atoms with Crippen molar-refractivity contribution in [2.24, 2.45) is 0 Å². The molecule has 0 aromatic carbocycles. The average Bonchev–Trinajstić information content (AvgIpc) is 2.83. The number of thiophene rings is 1. The normalized spacial score (nSPS) is 10.3. The molecule has 0 aliphatic rings. The third-order valence-corrected chi connectivity index (χ3v) is 3.77. The summed E-state index contributed by atoms with van der Waals surface area (Å²) in [7, 11) is 3.40. The molecule has 0 aliphatic carbocycles. The van der Waals surface area contributed by atoms with Crippen molar-refractivity contribution in [3.05, 3.63) is 37.7 Å². The number of anilines is 2. The van der Waals surface area contributed by atoms with Gasteiger partial charge in [0.25, 0.3) is 0 Å². The summed E-state index contributed by atoms with van der Waals surface area (Å²) in [5.74, 6) is 0.598. The van der Waals surface area contributed by atoms with Gasteiger partial charge in [-0.25, -0.2) is 4.98 Å². The first kappa shape index (κ1) is 14.5. The second-order valence-corrected chi connectivity index (χ2v) is 5.77. The zero-order valence-electron chi connectivity index (χ0n) is 10.8. The van der Waals surface area contributed by atoms with Crippen LogP contribution in [0.3, 0.4) is 0 Å².